The third-order valence-corrected chi connectivity index (χ3v) is 2.66. The van der Waals surface area contributed by atoms with Crippen molar-refractivity contribution >= 4 is 34.1 Å². The molecule has 1 heterocycles. The van der Waals surface area contributed by atoms with E-state index in [4.69, 9.17) is 27.6 Å². The summed E-state index contributed by atoms with van der Waals surface area (Å²) >= 11 is 11.4. The van der Waals surface area contributed by atoms with Crippen molar-refractivity contribution in [2.45, 2.75) is 17.4 Å². The van der Waals surface area contributed by atoms with E-state index >= 15 is 0 Å². The Balaban J connectivity index is 2.89. The molecule has 0 unspecified atom stereocenters. The molecule has 1 aromatic heterocycles. The number of benzene rings is 1. The largest absolute Gasteiger partial charge is 0.418 e. The molecule has 0 spiro atoms. The van der Waals surface area contributed by atoms with Crippen molar-refractivity contribution in [3.05, 3.63) is 40.1 Å². The lowest BCUT2D eigenvalue weighted by Crippen LogP contribution is -2.16. The number of halogens is 5. The highest BCUT2D eigenvalue weighted by molar-refractivity contribution is 6.47. The highest BCUT2D eigenvalue weighted by atomic mass is 35.5. The number of hydrogen-bond acceptors (Lipinski definition) is 3. The minimum Gasteiger partial charge on any atom is -0.405 e. The van der Waals surface area contributed by atoms with Gasteiger partial charge >= 0.3 is 11.8 Å². The van der Waals surface area contributed by atoms with Gasteiger partial charge in [0.15, 0.2) is 4.33 Å². The van der Waals surface area contributed by atoms with Gasteiger partial charge in [-0.2, -0.15) is 13.2 Å². The molecular weight excluding hydrogens is 306 g/mol. The monoisotopic (exact) mass is 311 g/mol. The number of para-hydroxylation sites is 1. The van der Waals surface area contributed by atoms with Crippen LogP contribution in [-0.2, 0) is 10.5 Å². The highest BCUT2D eigenvalue weighted by Crippen LogP contribution is 2.35. The Kier molecular flexibility index (Phi) is 3.26. The van der Waals surface area contributed by atoms with Crippen LogP contribution in [-0.4, -0.2) is 4.98 Å². The van der Waals surface area contributed by atoms with E-state index in [1.54, 1.807) is 0 Å². The SMILES string of the molecule is CC(Cl)(Cl)c1nc2c(C(F)(F)F)cccc2c(=O)o1. The van der Waals surface area contributed by atoms with Crippen LogP contribution in [0.3, 0.4) is 0 Å². The Bertz CT molecular complexity index is 689. The third kappa shape index (κ3) is 2.69. The zero-order valence-electron chi connectivity index (χ0n) is 9.39. The van der Waals surface area contributed by atoms with E-state index in [0.29, 0.717) is 0 Å². The van der Waals surface area contributed by atoms with Gasteiger partial charge in [-0.05, 0) is 19.1 Å². The Morgan fingerprint density at radius 1 is 1.26 bits per heavy atom. The summed E-state index contributed by atoms with van der Waals surface area (Å²) in [5.74, 6) is -0.481. The number of nitrogens with zero attached hydrogens (tertiary/aromatic N) is 1. The van der Waals surface area contributed by atoms with Crippen molar-refractivity contribution in [2.24, 2.45) is 0 Å². The van der Waals surface area contributed by atoms with E-state index in [-0.39, 0.29) is 5.39 Å². The number of alkyl halides is 5. The van der Waals surface area contributed by atoms with Crippen molar-refractivity contribution in [2.75, 3.05) is 0 Å². The predicted octanol–water partition coefficient (Wildman–Crippen LogP) is 3.86. The summed E-state index contributed by atoms with van der Waals surface area (Å²) < 4.78 is 41.5. The van der Waals surface area contributed by atoms with Crippen LogP contribution in [0.25, 0.3) is 10.9 Å². The molecule has 0 aliphatic carbocycles. The molecule has 0 fully saturated rings. The number of aromatic nitrogens is 1. The van der Waals surface area contributed by atoms with Crippen LogP contribution in [0, 0.1) is 0 Å². The molecule has 102 valence electrons. The Labute approximate surface area is 114 Å². The molecule has 19 heavy (non-hydrogen) atoms. The molecule has 0 bridgehead atoms. The van der Waals surface area contributed by atoms with E-state index in [1.165, 1.54) is 13.0 Å². The fourth-order valence-corrected chi connectivity index (χ4v) is 1.67. The smallest absolute Gasteiger partial charge is 0.405 e. The maximum absolute atomic E-state index is 12.8. The van der Waals surface area contributed by atoms with E-state index in [1.807, 2.05) is 0 Å². The lowest BCUT2D eigenvalue weighted by atomic mass is 10.1. The molecule has 0 radical (unpaired) electrons. The Morgan fingerprint density at radius 3 is 2.42 bits per heavy atom. The average molecular weight is 312 g/mol. The van der Waals surface area contributed by atoms with Gasteiger partial charge < -0.3 is 4.42 Å². The van der Waals surface area contributed by atoms with Gasteiger partial charge in [-0.15, -0.1) is 0 Å². The van der Waals surface area contributed by atoms with E-state index in [2.05, 4.69) is 4.98 Å². The maximum Gasteiger partial charge on any atom is 0.418 e. The second kappa shape index (κ2) is 4.38. The van der Waals surface area contributed by atoms with Gasteiger partial charge in [0.25, 0.3) is 0 Å². The summed E-state index contributed by atoms with van der Waals surface area (Å²) in [7, 11) is 0. The summed E-state index contributed by atoms with van der Waals surface area (Å²) in [5, 5.41) is -0.281. The van der Waals surface area contributed by atoms with Gasteiger partial charge in [0.05, 0.1) is 16.5 Å². The molecule has 0 saturated heterocycles. The first-order valence-corrected chi connectivity index (χ1v) is 5.75. The van der Waals surface area contributed by atoms with Gasteiger partial charge in [-0.3, -0.25) is 0 Å². The van der Waals surface area contributed by atoms with Crippen molar-refractivity contribution in [3.63, 3.8) is 0 Å². The van der Waals surface area contributed by atoms with Crippen molar-refractivity contribution < 1.29 is 17.6 Å². The number of fused-ring (bicyclic) bond motifs is 1. The molecule has 0 N–H and O–H groups in total. The molecule has 0 aliphatic heterocycles. The van der Waals surface area contributed by atoms with Crippen LogP contribution < -0.4 is 5.63 Å². The molecule has 1 aromatic carbocycles. The standard InChI is InChI=1S/C11H6Cl2F3NO2/c1-10(12,13)9-17-7-5(8(18)19-9)3-2-4-6(7)11(14,15)16/h2-4H,1H3. The molecule has 2 rings (SSSR count). The second-order valence-corrected chi connectivity index (χ2v) is 5.60. The Morgan fingerprint density at radius 2 is 1.89 bits per heavy atom. The Hall–Kier alpha value is -1.27. The number of hydrogen-bond donors (Lipinski definition) is 0. The molecule has 8 heteroatoms. The van der Waals surface area contributed by atoms with Crippen LogP contribution in [0.1, 0.15) is 18.4 Å². The zero-order chi connectivity index (χ0) is 14.4. The van der Waals surface area contributed by atoms with Crippen LogP contribution in [0.2, 0.25) is 0 Å². The fraction of sp³-hybridized carbons (Fsp3) is 0.273. The first-order chi connectivity index (χ1) is 8.60. The molecule has 0 aliphatic rings. The topological polar surface area (TPSA) is 43.1 Å². The lowest BCUT2D eigenvalue weighted by molar-refractivity contribution is -0.136. The van der Waals surface area contributed by atoms with E-state index in [9.17, 15) is 18.0 Å². The molecule has 2 aromatic rings. The normalized spacial score (nSPS) is 12.9. The van der Waals surface area contributed by atoms with Crippen molar-refractivity contribution in [3.8, 4) is 0 Å². The van der Waals surface area contributed by atoms with Crippen LogP contribution in [0.5, 0.6) is 0 Å². The zero-order valence-corrected chi connectivity index (χ0v) is 10.9. The quantitative estimate of drug-likeness (QED) is 0.751. The minimum absolute atomic E-state index is 0.281. The van der Waals surface area contributed by atoms with Crippen molar-refractivity contribution in [1.29, 1.82) is 0 Å². The second-order valence-electron chi connectivity index (χ2n) is 3.89. The summed E-state index contributed by atoms with van der Waals surface area (Å²) in [6.45, 7) is 1.24. The van der Waals surface area contributed by atoms with Gasteiger partial charge in [0.1, 0.15) is 0 Å². The third-order valence-electron chi connectivity index (χ3n) is 2.34. The van der Waals surface area contributed by atoms with E-state index in [0.717, 1.165) is 12.1 Å². The summed E-state index contributed by atoms with van der Waals surface area (Å²) in [4.78, 5) is 15.3. The number of rotatable bonds is 1. The highest BCUT2D eigenvalue weighted by Gasteiger charge is 2.35. The van der Waals surface area contributed by atoms with E-state index < -0.39 is 33.1 Å². The van der Waals surface area contributed by atoms with Crippen LogP contribution in [0.15, 0.2) is 27.4 Å². The van der Waals surface area contributed by atoms with Crippen LogP contribution >= 0.6 is 23.2 Å². The molecule has 0 saturated carbocycles. The van der Waals surface area contributed by atoms with Crippen molar-refractivity contribution in [1.82, 2.24) is 4.98 Å². The lowest BCUT2D eigenvalue weighted by Gasteiger charge is -2.13. The molecule has 3 nitrogen and oxygen atoms in total. The van der Waals surface area contributed by atoms with Gasteiger partial charge in [-0.1, -0.05) is 29.3 Å². The fourth-order valence-electron chi connectivity index (χ4n) is 1.51. The molecular formula is C11H6Cl2F3NO2. The van der Waals surface area contributed by atoms with Gasteiger partial charge in [-0.25, -0.2) is 9.78 Å². The summed E-state index contributed by atoms with van der Waals surface area (Å²) in [5.41, 5.74) is -2.55. The molecule has 0 atom stereocenters. The first kappa shape index (κ1) is 14.1. The minimum atomic E-state index is -4.65. The van der Waals surface area contributed by atoms with Crippen LogP contribution in [0.4, 0.5) is 13.2 Å². The maximum atomic E-state index is 12.8. The van der Waals surface area contributed by atoms with Gasteiger partial charge in [0, 0.05) is 0 Å². The summed E-state index contributed by atoms with van der Waals surface area (Å²) in [6, 6.07) is 3.11. The average Bonchev–Trinajstić information content (AvgIpc) is 2.25. The molecule has 0 amide bonds. The first-order valence-electron chi connectivity index (χ1n) is 5.00. The predicted molar refractivity (Wildman–Crippen MR) is 64.3 cm³/mol. The van der Waals surface area contributed by atoms with Gasteiger partial charge in [0.2, 0.25) is 5.89 Å². The summed E-state index contributed by atoms with van der Waals surface area (Å²) in [6.07, 6.45) is -4.65.